The van der Waals surface area contributed by atoms with Crippen molar-refractivity contribution in [3.05, 3.63) is 58.4 Å². The van der Waals surface area contributed by atoms with E-state index in [1.807, 2.05) is 0 Å². The van der Waals surface area contributed by atoms with Crippen molar-refractivity contribution in [2.24, 2.45) is 0 Å². The number of carboxylic acids is 1. The summed E-state index contributed by atoms with van der Waals surface area (Å²) in [5, 5.41) is 21.3. The minimum Gasteiger partial charge on any atom is -0.507 e. The Bertz CT molecular complexity index is 686. The van der Waals surface area contributed by atoms with Gasteiger partial charge in [0.15, 0.2) is 0 Å². The second-order valence-corrected chi connectivity index (χ2v) is 4.64. The number of carbonyl (C=O) groups excluding carboxylic acids is 1. The number of hydrogen-bond acceptors (Lipinski definition) is 4. The maximum Gasteiger partial charge on any atom is 0.354 e. The molecular weight excluding hydrogens is 296 g/mol. The van der Waals surface area contributed by atoms with E-state index < -0.39 is 11.9 Å². The molecule has 0 saturated carbocycles. The Morgan fingerprint density at radius 3 is 2.57 bits per heavy atom. The molecule has 0 spiro atoms. The fourth-order valence-electron chi connectivity index (χ4n) is 1.63. The Morgan fingerprint density at radius 2 is 2.00 bits per heavy atom. The van der Waals surface area contributed by atoms with Crippen LogP contribution in [0.1, 0.15) is 26.4 Å². The lowest BCUT2D eigenvalue weighted by Crippen LogP contribution is -2.23. The number of phenols is 1. The van der Waals surface area contributed by atoms with Crippen molar-refractivity contribution in [3.63, 3.8) is 0 Å². The zero-order valence-electron chi connectivity index (χ0n) is 10.7. The van der Waals surface area contributed by atoms with Crippen molar-refractivity contribution in [3.8, 4) is 5.75 Å². The molecule has 6 nitrogen and oxygen atoms in total. The van der Waals surface area contributed by atoms with Crippen LogP contribution in [0.2, 0.25) is 5.02 Å². The molecule has 0 unspecified atom stereocenters. The largest absolute Gasteiger partial charge is 0.507 e. The molecule has 0 saturated heterocycles. The summed E-state index contributed by atoms with van der Waals surface area (Å²) < 4.78 is 0. The zero-order valence-corrected chi connectivity index (χ0v) is 11.5. The lowest BCUT2D eigenvalue weighted by molar-refractivity contribution is 0.0690. The van der Waals surface area contributed by atoms with Crippen LogP contribution in [0.3, 0.4) is 0 Å². The molecule has 7 heteroatoms. The first-order chi connectivity index (χ1) is 9.97. The Morgan fingerprint density at radius 1 is 1.24 bits per heavy atom. The molecule has 1 amide bonds. The number of halogens is 1. The molecule has 1 heterocycles. The molecule has 0 atom stereocenters. The van der Waals surface area contributed by atoms with E-state index >= 15 is 0 Å². The molecule has 0 bridgehead atoms. The van der Waals surface area contributed by atoms with Crippen LogP contribution in [0, 0.1) is 0 Å². The number of carbonyl (C=O) groups is 2. The topological polar surface area (TPSA) is 99.5 Å². The Kier molecular flexibility index (Phi) is 4.39. The number of aromatic carboxylic acids is 1. The highest BCUT2D eigenvalue weighted by Crippen LogP contribution is 2.21. The SMILES string of the molecule is O=C(O)c1ccc(CNC(=O)c2ccc(Cl)cc2O)cn1. The molecule has 0 aliphatic rings. The van der Waals surface area contributed by atoms with Crippen LogP contribution in [0.4, 0.5) is 0 Å². The highest BCUT2D eigenvalue weighted by atomic mass is 35.5. The van der Waals surface area contributed by atoms with Gasteiger partial charge in [-0.25, -0.2) is 9.78 Å². The lowest BCUT2D eigenvalue weighted by Gasteiger charge is -2.07. The van der Waals surface area contributed by atoms with Crippen molar-refractivity contribution in [1.29, 1.82) is 0 Å². The van der Waals surface area contributed by atoms with Crippen molar-refractivity contribution in [2.75, 3.05) is 0 Å². The van der Waals surface area contributed by atoms with Crippen LogP contribution in [0.25, 0.3) is 0 Å². The van der Waals surface area contributed by atoms with E-state index in [-0.39, 0.29) is 23.6 Å². The van der Waals surface area contributed by atoms with E-state index in [0.717, 1.165) is 0 Å². The second-order valence-electron chi connectivity index (χ2n) is 4.20. The van der Waals surface area contributed by atoms with Gasteiger partial charge in [-0.05, 0) is 29.8 Å². The van der Waals surface area contributed by atoms with E-state index in [9.17, 15) is 14.7 Å². The number of benzene rings is 1. The summed E-state index contributed by atoms with van der Waals surface area (Å²) in [6.45, 7) is 0.161. The first-order valence-corrected chi connectivity index (χ1v) is 6.30. The maximum absolute atomic E-state index is 11.9. The van der Waals surface area contributed by atoms with Gasteiger partial charge < -0.3 is 15.5 Å². The van der Waals surface area contributed by atoms with E-state index in [0.29, 0.717) is 10.6 Å². The molecule has 0 radical (unpaired) electrons. The number of aromatic nitrogens is 1. The average molecular weight is 307 g/mol. The standard InChI is InChI=1S/C14H11ClN2O4/c15-9-2-3-10(12(18)5-9)13(19)17-7-8-1-4-11(14(20)21)16-6-8/h1-6,18H,7H2,(H,17,19)(H,20,21). The predicted molar refractivity (Wildman–Crippen MR) is 75.5 cm³/mol. The van der Waals surface area contributed by atoms with Crippen LogP contribution < -0.4 is 5.32 Å². The molecule has 2 rings (SSSR count). The normalized spacial score (nSPS) is 10.1. The molecule has 2 aromatic rings. The van der Waals surface area contributed by atoms with Crippen LogP contribution in [-0.4, -0.2) is 27.1 Å². The maximum atomic E-state index is 11.9. The Labute approximate surface area is 125 Å². The van der Waals surface area contributed by atoms with Gasteiger partial charge in [0, 0.05) is 17.8 Å². The van der Waals surface area contributed by atoms with Crippen molar-refractivity contribution in [2.45, 2.75) is 6.54 Å². The molecule has 0 aliphatic heterocycles. The van der Waals surface area contributed by atoms with Gasteiger partial charge in [-0.3, -0.25) is 4.79 Å². The predicted octanol–water partition coefficient (Wildman–Crippen LogP) is 2.07. The van der Waals surface area contributed by atoms with Crippen molar-refractivity contribution < 1.29 is 19.8 Å². The molecule has 21 heavy (non-hydrogen) atoms. The number of phenolic OH excluding ortho intramolecular Hbond substituents is 1. The van der Waals surface area contributed by atoms with Gasteiger partial charge in [0.25, 0.3) is 5.91 Å². The zero-order chi connectivity index (χ0) is 15.4. The quantitative estimate of drug-likeness (QED) is 0.803. The van der Waals surface area contributed by atoms with Crippen LogP contribution >= 0.6 is 11.6 Å². The number of amides is 1. The fraction of sp³-hybridized carbons (Fsp3) is 0.0714. The van der Waals surface area contributed by atoms with Gasteiger partial charge in [0.05, 0.1) is 5.56 Å². The van der Waals surface area contributed by atoms with Crippen LogP contribution in [-0.2, 0) is 6.54 Å². The van der Waals surface area contributed by atoms with Gasteiger partial charge in [-0.2, -0.15) is 0 Å². The third-order valence-electron chi connectivity index (χ3n) is 2.70. The number of rotatable bonds is 4. The van der Waals surface area contributed by atoms with Gasteiger partial charge in [0.1, 0.15) is 11.4 Å². The smallest absolute Gasteiger partial charge is 0.354 e. The number of hydrogen-bond donors (Lipinski definition) is 3. The van der Waals surface area contributed by atoms with Gasteiger partial charge in [-0.15, -0.1) is 0 Å². The number of nitrogens with one attached hydrogen (secondary N) is 1. The molecule has 3 N–H and O–H groups in total. The van der Waals surface area contributed by atoms with Crippen LogP contribution in [0.5, 0.6) is 5.75 Å². The average Bonchev–Trinajstić information content (AvgIpc) is 2.45. The number of pyridine rings is 1. The van der Waals surface area contributed by atoms with Crippen molar-refractivity contribution >= 4 is 23.5 Å². The third-order valence-corrected chi connectivity index (χ3v) is 2.94. The minimum absolute atomic E-state index is 0.0691. The highest BCUT2D eigenvalue weighted by Gasteiger charge is 2.11. The molecule has 1 aromatic heterocycles. The number of aromatic hydroxyl groups is 1. The first kappa shape index (κ1) is 14.8. The summed E-state index contributed by atoms with van der Waals surface area (Å²) in [6, 6.07) is 7.10. The summed E-state index contributed by atoms with van der Waals surface area (Å²) in [6.07, 6.45) is 1.37. The Balaban J connectivity index is 2.02. The monoisotopic (exact) mass is 306 g/mol. The lowest BCUT2D eigenvalue weighted by atomic mass is 10.2. The Hall–Kier alpha value is -2.60. The van der Waals surface area contributed by atoms with E-state index in [1.54, 1.807) is 6.07 Å². The van der Waals surface area contributed by atoms with Gasteiger partial charge in [0.2, 0.25) is 0 Å². The first-order valence-electron chi connectivity index (χ1n) is 5.92. The molecule has 1 aromatic carbocycles. The molecule has 0 fully saturated rings. The summed E-state index contributed by atoms with van der Waals surface area (Å²) in [7, 11) is 0. The molecule has 0 aliphatic carbocycles. The minimum atomic E-state index is -1.11. The second kappa shape index (κ2) is 6.23. The number of carboxylic acid groups (broad SMARTS) is 1. The van der Waals surface area contributed by atoms with E-state index in [4.69, 9.17) is 16.7 Å². The summed E-state index contributed by atoms with van der Waals surface area (Å²) in [5.74, 6) is -1.79. The van der Waals surface area contributed by atoms with Crippen molar-refractivity contribution in [1.82, 2.24) is 10.3 Å². The fourth-order valence-corrected chi connectivity index (χ4v) is 1.80. The molecule has 108 valence electrons. The van der Waals surface area contributed by atoms with E-state index in [1.165, 1.54) is 30.5 Å². The van der Waals surface area contributed by atoms with Gasteiger partial charge in [-0.1, -0.05) is 17.7 Å². The van der Waals surface area contributed by atoms with Gasteiger partial charge >= 0.3 is 5.97 Å². The summed E-state index contributed by atoms with van der Waals surface area (Å²) in [4.78, 5) is 26.3. The number of nitrogens with zero attached hydrogens (tertiary/aromatic N) is 1. The third kappa shape index (κ3) is 3.70. The molecular formula is C14H11ClN2O4. The van der Waals surface area contributed by atoms with E-state index in [2.05, 4.69) is 10.3 Å². The summed E-state index contributed by atoms with van der Waals surface area (Å²) in [5.41, 5.74) is 0.678. The highest BCUT2D eigenvalue weighted by molar-refractivity contribution is 6.30. The van der Waals surface area contributed by atoms with Crippen LogP contribution in [0.15, 0.2) is 36.5 Å². The summed E-state index contributed by atoms with van der Waals surface area (Å²) >= 11 is 5.69.